The Morgan fingerprint density at radius 3 is 0.857 bits per heavy atom. The fourth-order valence-electron chi connectivity index (χ4n) is 6.35. The van der Waals surface area contributed by atoms with Crippen LogP contribution in [0.2, 0.25) is 0 Å². The molecule has 0 unspecified atom stereocenters. The zero-order chi connectivity index (χ0) is 31.0. The summed E-state index contributed by atoms with van der Waals surface area (Å²) in [7, 11) is 0. The van der Waals surface area contributed by atoms with E-state index in [1.54, 1.807) is 27.7 Å². The van der Waals surface area contributed by atoms with Crippen LogP contribution in [0.5, 0.6) is 23.0 Å². The number of carbonyl (C=O) groups is 4. The molecule has 3 aliphatic rings. The molecule has 4 amide bonds. The number of hydrogen-bond donors (Lipinski definition) is 4. The minimum atomic E-state index is -2.38. The SMILES string of the molecule is CCN1C(=O)C2(C(=O)N(CC)C1=S)c1cc(O)c(O)cc1C1(C(=O)N(CC)C(=S)N(CC)C1=O)c1cc(O)c(O)cc12. The average Bonchev–Trinajstić information content (AvgIpc) is 2.94. The summed E-state index contributed by atoms with van der Waals surface area (Å²) in [5.41, 5.74) is -5.80. The molecule has 14 heteroatoms. The molecule has 2 saturated heterocycles. The first kappa shape index (κ1) is 29.2. The number of carbonyl (C=O) groups excluding carboxylic acids is 4. The van der Waals surface area contributed by atoms with Gasteiger partial charge < -0.3 is 20.4 Å². The molecule has 4 N–H and O–H groups in total. The van der Waals surface area contributed by atoms with Crippen LogP contribution >= 0.6 is 24.4 Å². The van der Waals surface area contributed by atoms with Crippen LogP contribution < -0.4 is 0 Å². The molecule has 5 rings (SSSR count). The lowest BCUT2D eigenvalue weighted by molar-refractivity contribution is -0.151. The van der Waals surface area contributed by atoms with E-state index in [1.807, 2.05) is 0 Å². The number of likely N-dealkylation sites (N-methyl/N-ethyl adjacent to an activating group) is 4. The molecule has 12 nitrogen and oxygen atoms in total. The maximum Gasteiger partial charge on any atom is 0.253 e. The van der Waals surface area contributed by atoms with Crippen LogP contribution in [-0.4, -0.2) is 100 Å². The first-order chi connectivity index (χ1) is 19.8. The third-order valence-corrected chi connectivity index (χ3v) is 9.18. The van der Waals surface area contributed by atoms with Gasteiger partial charge in [0.15, 0.2) is 44.1 Å². The van der Waals surface area contributed by atoms with E-state index in [-0.39, 0.29) is 58.7 Å². The lowest BCUT2D eigenvalue weighted by Crippen LogP contribution is -2.72. The monoisotopic (exact) mass is 612 g/mol. The van der Waals surface area contributed by atoms with Crippen LogP contribution in [0.4, 0.5) is 0 Å². The quantitative estimate of drug-likeness (QED) is 0.226. The van der Waals surface area contributed by atoms with Crippen molar-refractivity contribution in [2.24, 2.45) is 0 Å². The van der Waals surface area contributed by atoms with Crippen LogP contribution in [0.15, 0.2) is 24.3 Å². The summed E-state index contributed by atoms with van der Waals surface area (Å²) < 4.78 is 0. The largest absolute Gasteiger partial charge is 0.504 e. The molecule has 2 spiro atoms. The van der Waals surface area contributed by atoms with Crippen molar-refractivity contribution >= 4 is 58.3 Å². The fraction of sp³-hybridized carbons (Fsp3) is 0.357. The predicted octanol–water partition coefficient (Wildman–Crippen LogP) is 1.39. The van der Waals surface area contributed by atoms with Gasteiger partial charge in [-0.2, -0.15) is 0 Å². The van der Waals surface area contributed by atoms with Crippen LogP contribution in [0.3, 0.4) is 0 Å². The van der Waals surface area contributed by atoms with Gasteiger partial charge in [-0.1, -0.05) is 0 Å². The third-order valence-electron chi connectivity index (χ3n) is 8.30. The third kappa shape index (κ3) is 3.21. The molecule has 2 fully saturated rings. The first-order valence-corrected chi connectivity index (χ1v) is 14.1. The number of aromatic hydroxyl groups is 4. The highest BCUT2D eigenvalue weighted by Gasteiger charge is 2.69. The van der Waals surface area contributed by atoms with E-state index in [0.29, 0.717) is 0 Å². The number of phenolic OH excluding ortho intramolecular Hbond substituents is 4. The lowest BCUT2D eigenvalue weighted by atomic mass is 9.54. The number of fused-ring (bicyclic) bond motifs is 6. The maximum atomic E-state index is 14.6. The summed E-state index contributed by atoms with van der Waals surface area (Å²) in [6.45, 7) is 6.71. The molecule has 0 saturated carbocycles. The Hall–Kier alpha value is -4.30. The van der Waals surface area contributed by atoms with E-state index in [1.165, 1.54) is 19.6 Å². The van der Waals surface area contributed by atoms with E-state index in [9.17, 15) is 39.6 Å². The van der Waals surface area contributed by atoms with Gasteiger partial charge >= 0.3 is 0 Å². The maximum absolute atomic E-state index is 14.6. The topological polar surface area (TPSA) is 162 Å². The van der Waals surface area contributed by atoms with Crippen LogP contribution in [-0.2, 0) is 30.0 Å². The van der Waals surface area contributed by atoms with Gasteiger partial charge in [0.1, 0.15) is 0 Å². The van der Waals surface area contributed by atoms with Gasteiger partial charge in [-0.05, 0) is 98.6 Å². The van der Waals surface area contributed by atoms with E-state index in [2.05, 4.69) is 0 Å². The summed E-state index contributed by atoms with van der Waals surface area (Å²) in [6.07, 6.45) is 0. The molecule has 2 aromatic carbocycles. The molecule has 220 valence electrons. The van der Waals surface area contributed by atoms with Crippen molar-refractivity contribution < 1.29 is 39.6 Å². The van der Waals surface area contributed by atoms with Crippen molar-refractivity contribution in [1.82, 2.24) is 19.6 Å². The molecule has 2 aromatic rings. The van der Waals surface area contributed by atoms with Gasteiger partial charge in [-0.25, -0.2) is 0 Å². The van der Waals surface area contributed by atoms with E-state index >= 15 is 0 Å². The van der Waals surface area contributed by atoms with Crippen molar-refractivity contribution in [3.8, 4) is 23.0 Å². The highest BCUT2D eigenvalue weighted by atomic mass is 32.1. The molecule has 0 aromatic heterocycles. The zero-order valence-electron chi connectivity index (χ0n) is 23.2. The van der Waals surface area contributed by atoms with Gasteiger partial charge in [0.25, 0.3) is 23.6 Å². The Balaban J connectivity index is 2.06. The molecule has 42 heavy (non-hydrogen) atoms. The highest BCUT2D eigenvalue weighted by Crippen LogP contribution is 2.58. The molecule has 2 heterocycles. The first-order valence-electron chi connectivity index (χ1n) is 13.3. The fourth-order valence-corrected chi connectivity index (χ4v) is 7.20. The van der Waals surface area contributed by atoms with Crippen LogP contribution in [0, 0.1) is 0 Å². The Labute approximate surface area is 251 Å². The van der Waals surface area contributed by atoms with E-state index in [4.69, 9.17) is 24.4 Å². The predicted molar refractivity (Wildman–Crippen MR) is 156 cm³/mol. The van der Waals surface area contributed by atoms with E-state index in [0.717, 1.165) is 24.3 Å². The summed E-state index contributed by atoms with van der Waals surface area (Å²) in [6, 6.07) is 3.91. The lowest BCUT2D eigenvalue weighted by Gasteiger charge is -2.54. The van der Waals surface area contributed by atoms with E-state index < -0.39 is 57.5 Å². The minimum absolute atomic E-state index is 0.0342. The second-order valence-electron chi connectivity index (χ2n) is 10.0. The summed E-state index contributed by atoms with van der Waals surface area (Å²) in [4.78, 5) is 62.9. The Morgan fingerprint density at radius 1 is 0.500 bits per heavy atom. The van der Waals surface area contributed by atoms with Crippen molar-refractivity contribution in [2.75, 3.05) is 26.2 Å². The number of rotatable bonds is 4. The number of phenols is 4. The van der Waals surface area contributed by atoms with Crippen molar-refractivity contribution in [3.63, 3.8) is 0 Å². The van der Waals surface area contributed by atoms with Crippen molar-refractivity contribution in [1.29, 1.82) is 0 Å². The number of amides is 4. The second-order valence-corrected chi connectivity index (χ2v) is 10.8. The summed E-state index contributed by atoms with van der Waals surface area (Å²) >= 11 is 10.9. The molecule has 0 bridgehead atoms. The van der Waals surface area contributed by atoms with Gasteiger partial charge in [0, 0.05) is 26.2 Å². The Kier molecular flexibility index (Phi) is 6.69. The van der Waals surface area contributed by atoms with Gasteiger partial charge in [-0.3, -0.25) is 38.8 Å². The van der Waals surface area contributed by atoms with Crippen LogP contribution in [0.25, 0.3) is 0 Å². The van der Waals surface area contributed by atoms with Crippen LogP contribution in [0.1, 0.15) is 49.9 Å². The minimum Gasteiger partial charge on any atom is -0.504 e. The second kappa shape index (κ2) is 9.63. The normalized spacial score (nSPS) is 19.2. The Morgan fingerprint density at radius 2 is 0.690 bits per heavy atom. The Bertz CT molecular complexity index is 1410. The van der Waals surface area contributed by atoms with Gasteiger partial charge in [0.05, 0.1) is 0 Å². The molecule has 1 aliphatic carbocycles. The summed E-state index contributed by atoms with van der Waals surface area (Å²) in [5, 5.41) is 42.8. The standard InChI is InChI=1S/C28H28N4O8S2/c1-5-29-21(37)27(22(38)30(6-2)25(29)41)13-9-17(33)19(35)11-15(13)28(16-12-20(36)18(34)10-14(16)27)23(39)31(7-3)26(42)32(8-4)24(28)40/h9-12,33-36H,5-8H2,1-4H3. The summed E-state index contributed by atoms with van der Waals surface area (Å²) in [5.74, 6) is -6.32. The molecule has 2 aliphatic heterocycles. The highest BCUT2D eigenvalue weighted by molar-refractivity contribution is 7.80. The number of nitrogens with zero attached hydrogens (tertiary/aromatic N) is 4. The smallest absolute Gasteiger partial charge is 0.253 e. The average molecular weight is 613 g/mol. The zero-order valence-corrected chi connectivity index (χ0v) is 24.8. The number of thiocarbonyl (C=S) groups is 2. The van der Waals surface area contributed by atoms with Gasteiger partial charge in [0.2, 0.25) is 0 Å². The molecular formula is C28H28N4O8S2. The molecular weight excluding hydrogens is 584 g/mol. The van der Waals surface area contributed by atoms with Gasteiger partial charge in [-0.15, -0.1) is 0 Å². The van der Waals surface area contributed by atoms with Crippen molar-refractivity contribution in [3.05, 3.63) is 46.5 Å². The number of benzene rings is 2. The number of hydrogen-bond acceptors (Lipinski definition) is 10. The van der Waals surface area contributed by atoms with Crippen molar-refractivity contribution in [2.45, 2.75) is 38.5 Å². The molecule has 0 radical (unpaired) electrons. The molecule has 0 atom stereocenters.